The molecule has 1 aromatic rings. The molecule has 5 nitrogen and oxygen atoms in total. The number of rotatable bonds is 3. The predicted molar refractivity (Wildman–Crippen MR) is 77.6 cm³/mol. The van der Waals surface area contributed by atoms with Gasteiger partial charge in [0, 0.05) is 37.9 Å². The van der Waals surface area contributed by atoms with Gasteiger partial charge in [-0.25, -0.2) is 12.8 Å². The van der Waals surface area contributed by atoms with E-state index in [-0.39, 0.29) is 11.9 Å². The van der Waals surface area contributed by atoms with Gasteiger partial charge in [-0.05, 0) is 30.7 Å². The second-order valence-corrected chi connectivity index (χ2v) is 7.12. The maximum atomic E-state index is 13.3. The van der Waals surface area contributed by atoms with Crippen LogP contribution in [-0.4, -0.2) is 45.2 Å². The maximum Gasteiger partial charge on any atom is 0.211 e. The smallest absolute Gasteiger partial charge is 0.211 e. The molecule has 1 aromatic carbocycles. The number of halogens is 1. The molecule has 1 aliphatic heterocycles. The number of anilines is 1. The molecule has 20 heavy (non-hydrogen) atoms. The summed E-state index contributed by atoms with van der Waals surface area (Å²) in [4.78, 5) is 2.06. The molecule has 1 heterocycles. The van der Waals surface area contributed by atoms with E-state index in [1.165, 1.54) is 22.7 Å². The molecule has 1 atom stereocenters. The van der Waals surface area contributed by atoms with Gasteiger partial charge in [-0.1, -0.05) is 0 Å². The van der Waals surface area contributed by atoms with Gasteiger partial charge >= 0.3 is 0 Å². The quantitative estimate of drug-likeness (QED) is 0.902. The van der Waals surface area contributed by atoms with Crippen molar-refractivity contribution in [2.75, 3.05) is 37.3 Å². The number of nitrogens with two attached hydrogens (primary N) is 1. The highest BCUT2D eigenvalue weighted by atomic mass is 32.2. The fourth-order valence-corrected chi connectivity index (χ4v) is 3.27. The van der Waals surface area contributed by atoms with Crippen molar-refractivity contribution in [2.24, 2.45) is 5.73 Å². The van der Waals surface area contributed by atoms with Gasteiger partial charge in [0.1, 0.15) is 5.82 Å². The summed E-state index contributed by atoms with van der Waals surface area (Å²) in [6.07, 6.45) is 1.22. The Morgan fingerprint density at radius 2 is 1.85 bits per heavy atom. The Balaban J connectivity index is 2.19. The lowest BCUT2D eigenvalue weighted by atomic mass is 10.1. The minimum atomic E-state index is -3.14. The Hall–Kier alpha value is -1.18. The zero-order valence-electron chi connectivity index (χ0n) is 11.7. The van der Waals surface area contributed by atoms with Crippen LogP contribution in [0.3, 0.4) is 0 Å². The first-order valence-electron chi connectivity index (χ1n) is 6.54. The molecule has 0 radical (unpaired) electrons. The molecule has 1 fully saturated rings. The van der Waals surface area contributed by atoms with Crippen molar-refractivity contribution in [3.8, 4) is 0 Å². The molecule has 0 amide bonds. The van der Waals surface area contributed by atoms with Crippen LogP contribution < -0.4 is 10.6 Å². The Morgan fingerprint density at radius 3 is 2.35 bits per heavy atom. The first-order chi connectivity index (χ1) is 9.29. The zero-order valence-corrected chi connectivity index (χ0v) is 12.5. The van der Waals surface area contributed by atoms with E-state index in [9.17, 15) is 12.8 Å². The van der Waals surface area contributed by atoms with Gasteiger partial charge in [-0.15, -0.1) is 0 Å². The molecule has 0 aliphatic carbocycles. The Bertz CT molecular complexity index is 581. The van der Waals surface area contributed by atoms with Crippen LogP contribution in [0.5, 0.6) is 0 Å². The highest BCUT2D eigenvalue weighted by Gasteiger charge is 2.25. The van der Waals surface area contributed by atoms with Crippen LogP contribution in [0, 0.1) is 5.82 Å². The number of benzene rings is 1. The van der Waals surface area contributed by atoms with Crippen LogP contribution in [0.25, 0.3) is 0 Å². The van der Waals surface area contributed by atoms with Crippen molar-refractivity contribution in [1.29, 1.82) is 0 Å². The highest BCUT2D eigenvalue weighted by Crippen LogP contribution is 2.27. The van der Waals surface area contributed by atoms with E-state index in [1.807, 2.05) is 6.92 Å². The summed E-state index contributed by atoms with van der Waals surface area (Å²) in [5.74, 6) is -0.309. The van der Waals surface area contributed by atoms with Crippen molar-refractivity contribution in [3.63, 3.8) is 0 Å². The monoisotopic (exact) mass is 301 g/mol. The van der Waals surface area contributed by atoms with Gasteiger partial charge in [0.05, 0.1) is 6.26 Å². The summed E-state index contributed by atoms with van der Waals surface area (Å²) < 4.78 is 37.8. The van der Waals surface area contributed by atoms with E-state index >= 15 is 0 Å². The molecule has 0 aromatic heterocycles. The van der Waals surface area contributed by atoms with Crippen molar-refractivity contribution in [3.05, 3.63) is 29.6 Å². The van der Waals surface area contributed by atoms with Crippen LogP contribution in [0.15, 0.2) is 18.2 Å². The first-order valence-corrected chi connectivity index (χ1v) is 8.39. The molecule has 0 spiro atoms. The average Bonchev–Trinajstić information content (AvgIpc) is 2.37. The Morgan fingerprint density at radius 1 is 1.25 bits per heavy atom. The standard InChI is InChI=1S/C13H20FN3O2S/c1-10(15)12-9-11(14)3-4-13(12)16-5-7-17(8-6-16)20(2,18)19/h3-4,9-10H,5-8,15H2,1-2H3. The SMILES string of the molecule is CC(N)c1cc(F)ccc1N1CCN(S(C)(=O)=O)CC1. The maximum absolute atomic E-state index is 13.3. The second kappa shape index (κ2) is 5.67. The normalized spacial score (nSPS) is 19.1. The van der Waals surface area contributed by atoms with E-state index in [1.54, 1.807) is 6.07 Å². The predicted octanol–water partition coefficient (Wildman–Crippen LogP) is 0.927. The van der Waals surface area contributed by atoms with Gasteiger partial charge in [-0.2, -0.15) is 4.31 Å². The van der Waals surface area contributed by atoms with E-state index in [4.69, 9.17) is 5.73 Å². The number of hydrogen-bond acceptors (Lipinski definition) is 4. The lowest BCUT2D eigenvalue weighted by Gasteiger charge is -2.36. The first kappa shape index (κ1) is 15.2. The summed E-state index contributed by atoms with van der Waals surface area (Å²) in [6, 6.07) is 4.30. The fourth-order valence-electron chi connectivity index (χ4n) is 2.44. The molecule has 2 N–H and O–H groups in total. The molecule has 7 heteroatoms. The summed E-state index contributed by atoms with van der Waals surface area (Å²) in [7, 11) is -3.14. The van der Waals surface area contributed by atoms with E-state index in [0.29, 0.717) is 26.2 Å². The van der Waals surface area contributed by atoms with Crippen molar-refractivity contribution < 1.29 is 12.8 Å². The number of hydrogen-bond donors (Lipinski definition) is 1. The van der Waals surface area contributed by atoms with Crippen LogP contribution in [0.2, 0.25) is 0 Å². The van der Waals surface area contributed by atoms with Crippen molar-refractivity contribution in [2.45, 2.75) is 13.0 Å². The fraction of sp³-hybridized carbons (Fsp3) is 0.538. The molecular weight excluding hydrogens is 281 g/mol. The topological polar surface area (TPSA) is 66.6 Å². The Labute approximate surface area is 119 Å². The van der Waals surface area contributed by atoms with Gasteiger partial charge in [0.2, 0.25) is 10.0 Å². The minimum absolute atomic E-state index is 0.270. The molecule has 2 rings (SSSR count). The molecule has 1 aliphatic rings. The van der Waals surface area contributed by atoms with Gasteiger partial charge in [-0.3, -0.25) is 0 Å². The lowest BCUT2D eigenvalue weighted by Crippen LogP contribution is -2.48. The molecular formula is C13H20FN3O2S. The number of piperazine rings is 1. The van der Waals surface area contributed by atoms with Crippen LogP contribution in [0.4, 0.5) is 10.1 Å². The Kier molecular flexibility index (Phi) is 4.31. The molecule has 0 bridgehead atoms. The van der Waals surface area contributed by atoms with Crippen molar-refractivity contribution >= 4 is 15.7 Å². The number of nitrogens with zero attached hydrogens (tertiary/aromatic N) is 2. The van der Waals surface area contributed by atoms with Crippen molar-refractivity contribution in [1.82, 2.24) is 4.31 Å². The highest BCUT2D eigenvalue weighted by molar-refractivity contribution is 7.88. The third kappa shape index (κ3) is 3.28. The third-order valence-corrected chi connectivity index (χ3v) is 4.83. The molecule has 1 saturated heterocycles. The molecule has 112 valence electrons. The van der Waals surface area contributed by atoms with E-state index < -0.39 is 10.0 Å². The average molecular weight is 301 g/mol. The van der Waals surface area contributed by atoms with Gasteiger partial charge in [0.15, 0.2) is 0 Å². The summed E-state index contributed by atoms with van der Waals surface area (Å²) in [5.41, 5.74) is 7.52. The lowest BCUT2D eigenvalue weighted by molar-refractivity contribution is 0.387. The third-order valence-electron chi connectivity index (χ3n) is 3.53. The summed E-state index contributed by atoms with van der Waals surface area (Å²) in [6.45, 7) is 3.85. The number of sulfonamides is 1. The minimum Gasteiger partial charge on any atom is -0.369 e. The summed E-state index contributed by atoms with van der Waals surface area (Å²) >= 11 is 0. The molecule has 0 saturated carbocycles. The zero-order chi connectivity index (χ0) is 14.9. The molecule has 1 unspecified atom stereocenters. The van der Waals surface area contributed by atoms with Gasteiger partial charge < -0.3 is 10.6 Å². The van der Waals surface area contributed by atoms with E-state index in [2.05, 4.69) is 4.90 Å². The van der Waals surface area contributed by atoms with Crippen LogP contribution in [0.1, 0.15) is 18.5 Å². The second-order valence-electron chi connectivity index (χ2n) is 5.14. The summed E-state index contributed by atoms with van der Waals surface area (Å²) in [5, 5.41) is 0. The van der Waals surface area contributed by atoms with Gasteiger partial charge in [0.25, 0.3) is 0 Å². The largest absolute Gasteiger partial charge is 0.369 e. The van der Waals surface area contributed by atoms with E-state index in [0.717, 1.165) is 11.3 Å². The van der Waals surface area contributed by atoms with Crippen LogP contribution >= 0.6 is 0 Å². The van der Waals surface area contributed by atoms with Crippen LogP contribution in [-0.2, 0) is 10.0 Å².